The van der Waals surface area contributed by atoms with E-state index >= 15 is 0 Å². The van der Waals surface area contributed by atoms with Crippen LogP contribution in [0.3, 0.4) is 0 Å². The SMILES string of the molecule is CCCSc1nnc2c(n1)OC(/C=C/c1ccco1)Nc1ccccc1-2. The van der Waals surface area contributed by atoms with Crippen molar-refractivity contribution in [1.29, 1.82) is 0 Å². The molecule has 1 N–H and O–H groups in total. The number of thioether (sulfide) groups is 1. The minimum absolute atomic E-state index is 0.400. The molecule has 0 saturated carbocycles. The van der Waals surface area contributed by atoms with Gasteiger partial charge in [-0.3, -0.25) is 0 Å². The third-order valence-electron chi connectivity index (χ3n) is 3.77. The van der Waals surface area contributed by atoms with E-state index in [-0.39, 0.29) is 0 Å². The van der Waals surface area contributed by atoms with Crippen LogP contribution in [0.2, 0.25) is 0 Å². The summed E-state index contributed by atoms with van der Waals surface area (Å²) in [6.07, 6.45) is 6.05. The van der Waals surface area contributed by atoms with Crippen LogP contribution in [-0.2, 0) is 0 Å². The molecule has 1 aromatic carbocycles. The van der Waals surface area contributed by atoms with Crippen LogP contribution in [0.5, 0.6) is 5.88 Å². The topological polar surface area (TPSA) is 73.1 Å². The smallest absolute Gasteiger partial charge is 0.247 e. The largest absolute Gasteiger partial charge is 0.465 e. The maximum absolute atomic E-state index is 6.09. The zero-order chi connectivity index (χ0) is 17.8. The van der Waals surface area contributed by atoms with E-state index in [1.54, 1.807) is 18.0 Å². The standard InChI is InChI=1S/C19H18N4O2S/c1-2-12-26-19-21-18-17(22-23-19)14-7-3-4-8-15(14)20-16(25-18)10-9-13-6-5-11-24-13/h3-11,16,20H,2,12H2,1H3/b10-9+. The second-order valence-electron chi connectivity index (χ2n) is 5.70. The van der Waals surface area contributed by atoms with Crippen molar-refractivity contribution in [3.05, 3.63) is 54.5 Å². The predicted octanol–water partition coefficient (Wildman–Crippen LogP) is 4.48. The number of hydrogen-bond donors (Lipinski definition) is 1. The summed E-state index contributed by atoms with van der Waals surface area (Å²) in [5.41, 5.74) is 2.48. The molecule has 26 heavy (non-hydrogen) atoms. The first-order valence-corrected chi connectivity index (χ1v) is 9.44. The Morgan fingerprint density at radius 2 is 2.12 bits per heavy atom. The van der Waals surface area contributed by atoms with Crippen LogP contribution in [0.1, 0.15) is 19.1 Å². The molecule has 2 aromatic heterocycles. The first-order chi connectivity index (χ1) is 12.8. The van der Waals surface area contributed by atoms with Crippen molar-refractivity contribution < 1.29 is 9.15 Å². The third kappa shape index (κ3) is 3.57. The van der Waals surface area contributed by atoms with Crippen LogP contribution >= 0.6 is 11.8 Å². The lowest BCUT2D eigenvalue weighted by Gasteiger charge is -2.15. The molecule has 1 atom stereocenters. The Morgan fingerprint density at radius 1 is 1.19 bits per heavy atom. The molecule has 0 radical (unpaired) electrons. The van der Waals surface area contributed by atoms with Crippen molar-refractivity contribution in [1.82, 2.24) is 15.2 Å². The monoisotopic (exact) mass is 366 g/mol. The van der Waals surface area contributed by atoms with Gasteiger partial charge in [-0.15, -0.1) is 10.2 Å². The molecule has 0 amide bonds. The molecular formula is C19H18N4O2S. The van der Waals surface area contributed by atoms with E-state index in [0.29, 0.717) is 16.7 Å². The van der Waals surface area contributed by atoms with Crippen molar-refractivity contribution in [2.45, 2.75) is 24.7 Å². The molecule has 1 unspecified atom stereocenters. The molecule has 0 fully saturated rings. The Labute approximate surface area is 155 Å². The number of nitrogens with zero attached hydrogens (tertiary/aromatic N) is 3. The first-order valence-electron chi connectivity index (χ1n) is 8.45. The number of benzene rings is 1. The number of anilines is 1. The second kappa shape index (κ2) is 7.61. The summed E-state index contributed by atoms with van der Waals surface area (Å²) in [4.78, 5) is 4.57. The Bertz CT molecular complexity index is 912. The van der Waals surface area contributed by atoms with Gasteiger partial charge in [0.1, 0.15) is 5.76 Å². The van der Waals surface area contributed by atoms with Gasteiger partial charge in [0, 0.05) is 17.0 Å². The van der Waals surface area contributed by atoms with Crippen LogP contribution in [-0.4, -0.2) is 27.2 Å². The summed E-state index contributed by atoms with van der Waals surface area (Å²) in [5, 5.41) is 12.6. The molecule has 0 bridgehead atoms. The van der Waals surface area contributed by atoms with Gasteiger partial charge in [0.25, 0.3) is 0 Å². The highest BCUT2D eigenvalue weighted by atomic mass is 32.2. The van der Waals surface area contributed by atoms with Crippen LogP contribution in [0, 0.1) is 0 Å². The molecule has 1 aliphatic heterocycles. The maximum atomic E-state index is 6.09. The van der Waals surface area contributed by atoms with Crippen molar-refractivity contribution in [2.24, 2.45) is 0 Å². The highest BCUT2D eigenvalue weighted by Gasteiger charge is 2.23. The zero-order valence-corrected chi connectivity index (χ0v) is 15.1. The van der Waals surface area contributed by atoms with Crippen molar-refractivity contribution in [2.75, 3.05) is 11.1 Å². The lowest BCUT2D eigenvalue weighted by molar-refractivity contribution is 0.266. The normalized spacial score (nSPS) is 15.7. The minimum atomic E-state index is -0.400. The molecule has 7 heteroatoms. The number of furan rings is 1. The van der Waals surface area contributed by atoms with Gasteiger partial charge in [-0.1, -0.05) is 36.9 Å². The van der Waals surface area contributed by atoms with E-state index in [4.69, 9.17) is 9.15 Å². The van der Waals surface area contributed by atoms with Crippen LogP contribution in [0.4, 0.5) is 5.69 Å². The van der Waals surface area contributed by atoms with Gasteiger partial charge in [0.05, 0.1) is 6.26 Å². The van der Waals surface area contributed by atoms with Crippen LogP contribution in [0.15, 0.2) is 58.3 Å². The van der Waals surface area contributed by atoms with E-state index in [9.17, 15) is 0 Å². The van der Waals surface area contributed by atoms with E-state index in [1.165, 1.54) is 0 Å². The van der Waals surface area contributed by atoms with Crippen LogP contribution < -0.4 is 10.1 Å². The quantitative estimate of drug-likeness (QED) is 0.668. The third-order valence-corrected chi connectivity index (χ3v) is 4.81. The summed E-state index contributed by atoms with van der Waals surface area (Å²) in [6.45, 7) is 2.12. The fraction of sp³-hybridized carbons (Fsp3) is 0.211. The van der Waals surface area contributed by atoms with E-state index in [0.717, 1.165) is 29.2 Å². The number of rotatable bonds is 5. The molecule has 4 rings (SSSR count). The second-order valence-corrected chi connectivity index (χ2v) is 6.76. The van der Waals surface area contributed by atoms with Gasteiger partial charge in [0.15, 0.2) is 11.9 Å². The first kappa shape index (κ1) is 16.7. The highest BCUT2D eigenvalue weighted by Crippen LogP contribution is 2.36. The Balaban J connectivity index is 1.70. The summed E-state index contributed by atoms with van der Waals surface area (Å²) in [7, 11) is 0. The fourth-order valence-corrected chi connectivity index (χ4v) is 3.21. The minimum Gasteiger partial charge on any atom is -0.465 e. The Morgan fingerprint density at radius 3 is 2.96 bits per heavy atom. The molecule has 6 nitrogen and oxygen atoms in total. The predicted molar refractivity (Wildman–Crippen MR) is 102 cm³/mol. The molecule has 132 valence electrons. The molecule has 3 aromatic rings. The molecular weight excluding hydrogens is 348 g/mol. The number of fused-ring (bicyclic) bond motifs is 3. The average Bonchev–Trinajstić information content (AvgIpc) is 3.13. The molecule has 3 heterocycles. The number of para-hydroxylation sites is 1. The Hall–Kier alpha value is -2.80. The van der Waals surface area contributed by atoms with Gasteiger partial charge in [0.2, 0.25) is 11.0 Å². The number of hydrogen-bond acceptors (Lipinski definition) is 7. The van der Waals surface area contributed by atoms with Gasteiger partial charge >= 0.3 is 0 Å². The number of aromatic nitrogens is 3. The zero-order valence-electron chi connectivity index (χ0n) is 14.3. The summed E-state index contributed by atoms with van der Waals surface area (Å²) in [5.74, 6) is 2.18. The lowest BCUT2D eigenvalue weighted by atomic mass is 10.1. The summed E-state index contributed by atoms with van der Waals surface area (Å²) >= 11 is 1.58. The summed E-state index contributed by atoms with van der Waals surface area (Å²) < 4.78 is 11.4. The van der Waals surface area contributed by atoms with Crippen LogP contribution in [0.25, 0.3) is 17.3 Å². The fourth-order valence-electron chi connectivity index (χ4n) is 2.58. The van der Waals surface area contributed by atoms with Gasteiger partial charge in [-0.25, -0.2) is 0 Å². The number of nitrogens with one attached hydrogen (secondary N) is 1. The molecule has 1 aliphatic rings. The average molecular weight is 366 g/mol. The van der Waals surface area contributed by atoms with Crippen molar-refractivity contribution in [3.8, 4) is 17.1 Å². The van der Waals surface area contributed by atoms with Gasteiger partial charge < -0.3 is 14.5 Å². The van der Waals surface area contributed by atoms with E-state index < -0.39 is 6.23 Å². The molecule has 0 spiro atoms. The van der Waals surface area contributed by atoms with Gasteiger partial charge in [-0.05, 0) is 36.8 Å². The van der Waals surface area contributed by atoms with Crippen molar-refractivity contribution in [3.63, 3.8) is 0 Å². The summed E-state index contributed by atoms with van der Waals surface area (Å²) in [6, 6.07) is 11.6. The Kier molecular flexibility index (Phi) is 4.88. The van der Waals surface area contributed by atoms with E-state index in [2.05, 4.69) is 27.4 Å². The van der Waals surface area contributed by atoms with E-state index in [1.807, 2.05) is 48.6 Å². The molecule has 0 saturated heterocycles. The number of ether oxygens (including phenoxy) is 1. The van der Waals surface area contributed by atoms with Gasteiger partial charge in [-0.2, -0.15) is 4.98 Å². The lowest BCUT2D eigenvalue weighted by Crippen LogP contribution is -2.23. The molecule has 0 aliphatic carbocycles. The van der Waals surface area contributed by atoms with Crippen molar-refractivity contribution >= 4 is 23.5 Å². The highest BCUT2D eigenvalue weighted by molar-refractivity contribution is 7.99. The maximum Gasteiger partial charge on any atom is 0.247 e.